The van der Waals surface area contributed by atoms with Gasteiger partial charge in [0.2, 0.25) is 5.91 Å². The molecule has 0 atom stereocenters. The molecule has 1 aliphatic carbocycles. The number of aliphatic hydroxyl groups is 1. The summed E-state index contributed by atoms with van der Waals surface area (Å²) in [5, 5.41) is 15.1. The summed E-state index contributed by atoms with van der Waals surface area (Å²) in [5.41, 5.74) is 2.04. The second-order valence-corrected chi connectivity index (χ2v) is 5.76. The third-order valence-corrected chi connectivity index (χ3v) is 4.10. The summed E-state index contributed by atoms with van der Waals surface area (Å²) < 4.78 is 0. The van der Waals surface area contributed by atoms with Crippen LogP contribution in [0.25, 0.3) is 0 Å². The van der Waals surface area contributed by atoms with Crippen LogP contribution in [0.3, 0.4) is 0 Å². The fraction of sp³-hybridized carbons (Fsp3) is 0.692. The van der Waals surface area contributed by atoms with E-state index in [0.29, 0.717) is 6.54 Å². The quantitative estimate of drug-likeness (QED) is 0.857. The smallest absolute Gasteiger partial charge is 0.222 e. The van der Waals surface area contributed by atoms with Crippen molar-refractivity contribution in [3.8, 4) is 0 Å². The molecule has 0 radical (unpaired) electrons. The van der Waals surface area contributed by atoms with Gasteiger partial charge in [-0.05, 0) is 12.8 Å². The van der Waals surface area contributed by atoms with E-state index in [-0.39, 0.29) is 12.3 Å². The van der Waals surface area contributed by atoms with E-state index in [1.807, 2.05) is 5.38 Å². The Morgan fingerprint density at radius 3 is 2.89 bits per heavy atom. The summed E-state index contributed by atoms with van der Waals surface area (Å²) in [4.78, 5) is 15.9. The minimum absolute atomic E-state index is 0.0466. The van der Waals surface area contributed by atoms with E-state index in [1.54, 1.807) is 16.8 Å². The highest BCUT2D eigenvalue weighted by Crippen LogP contribution is 2.30. The molecule has 2 rings (SSSR count). The van der Waals surface area contributed by atoms with E-state index in [0.717, 1.165) is 37.8 Å². The van der Waals surface area contributed by atoms with Gasteiger partial charge in [0.05, 0.1) is 23.2 Å². The number of hydrogen-bond donors (Lipinski definition) is 2. The highest BCUT2D eigenvalue weighted by molar-refractivity contribution is 7.07. The van der Waals surface area contributed by atoms with E-state index in [2.05, 4.69) is 10.3 Å². The summed E-state index contributed by atoms with van der Waals surface area (Å²) >= 11 is 1.56. The van der Waals surface area contributed by atoms with Gasteiger partial charge in [-0.3, -0.25) is 4.79 Å². The average Bonchev–Trinajstić information content (AvgIpc) is 2.82. The molecule has 0 saturated heterocycles. The molecule has 1 aliphatic rings. The van der Waals surface area contributed by atoms with Gasteiger partial charge in [0.15, 0.2) is 0 Å². The molecular weight excluding hydrogens is 248 g/mol. The second kappa shape index (κ2) is 6.29. The highest BCUT2D eigenvalue weighted by atomic mass is 32.1. The van der Waals surface area contributed by atoms with Crippen molar-refractivity contribution < 1.29 is 9.90 Å². The number of hydrogen-bond acceptors (Lipinski definition) is 4. The molecular formula is C13H20N2O2S. The van der Waals surface area contributed by atoms with Gasteiger partial charge in [0.1, 0.15) is 0 Å². The van der Waals surface area contributed by atoms with Crippen molar-refractivity contribution in [2.45, 2.75) is 50.5 Å². The Kier molecular flexibility index (Phi) is 4.72. The molecule has 1 amide bonds. The lowest BCUT2D eigenvalue weighted by Crippen LogP contribution is -2.38. The van der Waals surface area contributed by atoms with Crippen molar-refractivity contribution >= 4 is 17.2 Å². The number of nitrogens with one attached hydrogen (secondary N) is 1. The predicted molar refractivity (Wildman–Crippen MR) is 71.5 cm³/mol. The molecule has 0 bridgehead atoms. The maximum atomic E-state index is 11.8. The SMILES string of the molecule is O=C(CC1(O)CCCCC1)NCCc1cscn1. The lowest BCUT2D eigenvalue weighted by atomic mass is 9.82. The van der Waals surface area contributed by atoms with E-state index in [9.17, 15) is 9.90 Å². The van der Waals surface area contributed by atoms with Gasteiger partial charge < -0.3 is 10.4 Å². The van der Waals surface area contributed by atoms with Gasteiger partial charge in [-0.1, -0.05) is 19.3 Å². The Morgan fingerprint density at radius 1 is 1.44 bits per heavy atom. The van der Waals surface area contributed by atoms with Crippen molar-refractivity contribution in [2.75, 3.05) is 6.54 Å². The van der Waals surface area contributed by atoms with Crippen LogP contribution in [0.4, 0.5) is 0 Å². The Hall–Kier alpha value is -0.940. The van der Waals surface area contributed by atoms with Crippen LogP contribution in [0, 0.1) is 0 Å². The molecule has 2 N–H and O–H groups in total. The zero-order valence-corrected chi connectivity index (χ0v) is 11.3. The van der Waals surface area contributed by atoms with Crippen LogP contribution in [0.5, 0.6) is 0 Å². The summed E-state index contributed by atoms with van der Waals surface area (Å²) in [7, 11) is 0. The molecule has 0 aromatic carbocycles. The first kappa shape index (κ1) is 13.5. The van der Waals surface area contributed by atoms with Crippen LogP contribution in [0.2, 0.25) is 0 Å². The number of aromatic nitrogens is 1. The van der Waals surface area contributed by atoms with Gasteiger partial charge in [-0.15, -0.1) is 11.3 Å². The number of nitrogens with zero attached hydrogens (tertiary/aromatic N) is 1. The van der Waals surface area contributed by atoms with Crippen molar-refractivity contribution in [3.63, 3.8) is 0 Å². The van der Waals surface area contributed by atoms with E-state index in [1.165, 1.54) is 6.42 Å². The Balaban J connectivity index is 1.68. The van der Waals surface area contributed by atoms with Crippen molar-refractivity contribution in [2.24, 2.45) is 0 Å². The first-order chi connectivity index (χ1) is 8.68. The molecule has 100 valence electrons. The lowest BCUT2D eigenvalue weighted by molar-refractivity contribution is -0.127. The Bertz CT molecular complexity index is 372. The summed E-state index contributed by atoms with van der Waals surface area (Å²) in [6, 6.07) is 0. The lowest BCUT2D eigenvalue weighted by Gasteiger charge is -2.31. The maximum Gasteiger partial charge on any atom is 0.222 e. The monoisotopic (exact) mass is 268 g/mol. The molecule has 1 saturated carbocycles. The third kappa shape index (κ3) is 4.07. The maximum absolute atomic E-state index is 11.8. The number of carbonyl (C=O) groups excluding carboxylic acids is 1. The van der Waals surface area contributed by atoms with E-state index < -0.39 is 5.60 Å². The molecule has 1 fully saturated rings. The first-order valence-corrected chi connectivity index (χ1v) is 7.48. The van der Waals surface area contributed by atoms with Gasteiger partial charge in [-0.25, -0.2) is 4.98 Å². The molecule has 1 aromatic rings. The molecule has 0 aliphatic heterocycles. The van der Waals surface area contributed by atoms with Crippen LogP contribution in [-0.2, 0) is 11.2 Å². The van der Waals surface area contributed by atoms with Crippen molar-refractivity contribution in [1.82, 2.24) is 10.3 Å². The van der Waals surface area contributed by atoms with Gasteiger partial charge in [0, 0.05) is 18.3 Å². The molecule has 18 heavy (non-hydrogen) atoms. The molecule has 5 heteroatoms. The average molecular weight is 268 g/mol. The summed E-state index contributed by atoms with van der Waals surface area (Å²) in [5.74, 6) is -0.0466. The molecule has 1 aromatic heterocycles. The normalized spacial score (nSPS) is 18.5. The molecule has 4 nitrogen and oxygen atoms in total. The minimum atomic E-state index is -0.761. The predicted octanol–water partition coefficient (Wildman–Crippen LogP) is 1.89. The number of amides is 1. The van der Waals surface area contributed by atoms with E-state index in [4.69, 9.17) is 0 Å². The molecule has 1 heterocycles. The first-order valence-electron chi connectivity index (χ1n) is 6.54. The summed E-state index contributed by atoms with van der Waals surface area (Å²) in [6.45, 7) is 0.596. The van der Waals surface area contributed by atoms with Gasteiger partial charge in [0.25, 0.3) is 0 Å². The largest absolute Gasteiger partial charge is 0.389 e. The van der Waals surface area contributed by atoms with Crippen LogP contribution in [-0.4, -0.2) is 28.1 Å². The number of carbonyl (C=O) groups is 1. The molecule has 0 spiro atoms. The fourth-order valence-electron chi connectivity index (χ4n) is 2.44. The zero-order chi connectivity index (χ0) is 12.8. The molecule has 0 unspecified atom stereocenters. The Morgan fingerprint density at radius 2 is 2.22 bits per heavy atom. The number of rotatable bonds is 5. The topological polar surface area (TPSA) is 62.2 Å². The Labute approximate surface area is 111 Å². The minimum Gasteiger partial charge on any atom is -0.389 e. The van der Waals surface area contributed by atoms with Gasteiger partial charge >= 0.3 is 0 Å². The van der Waals surface area contributed by atoms with Crippen LogP contribution in [0.15, 0.2) is 10.9 Å². The van der Waals surface area contributed by atoms with Crippen LogP contribution >= 0.6 is 11.3 Å². The van der Waals surface area contributed by atoms with Crippen LogP contribution < -0.4 is 5.32 Å². The van der Waals surface area contributed by atoms with Crippen molar-refractivity contribution in [1.29, 1.82) is 0 Å². The fourth-order valence-corrected chi connectivity index (χ4v) is 3.03. The zero-order valence-electron chi connectivity index (χ0n) is 10.5. The van der Waals surface area contributed by atoms with E-state index >= 15 is 0 Å². The van der Waals surface area contributed by atoms with Crippen LogP contribution in [0.1, 0.15) is 44.2 Å². The van der Waals surface area contributed by atoms with Gasteiger partial charge in [-0.2, -0.15) is 0 Å². The second-order valence-electron chi connectivity index (χ2n) is 5.04. The highest BCUT2D eigenvalue weighted by Gasteiger charge is 2.31. The standard InChI is InChI=1S/C13H20N2O2S/c16-12(8-13(17)5-2-1-3-6-13)14-7-4-11-9-18-10-15-11/h9-10,17H,1-8H2,(H,14,16). The summed E-state index contributed by atoms with van der Waals surface area (Å²) in [6.07, 6.45) is 5.75. The van der Waals surface area contributed by atoms with Crippen molar-refractivity contribution in [3.05, 3.63) is 16.6 Å². The third-order valence-electron chi connectivity index (χ3n) is 3.46. The number of thiazole rings is 1.